The molecule has 80 valence electrons. The van der Waals surface area contributed by atoms with E-state index in [4.69, 9.17) is 0 Å². The first-order valence-electron chi connectivity index (χ1n) is 5.69. The van der Waals surface area contributed by atoms with Crippen LogP contribution in [0.2, 0.25) is 0 Å². The summed E-state index contributed by atoms with van der Waals surface area (Å²) in [7, 11) is 4.46. The molecule has 0 amide bonds. The van der Waals surface area contributed by atoms with Gasteiger partial charge in [-0.25, -0.2) is 0 Å². The summed E-state index contributed by atoms with van der Waals surface area (Å²) in [5.74, 6) is 0.731. The van der Waals surface area contributed by atoms with E-state index in [2.05, 4.69) is 49.0 Å². The lowest BCUT2D eigenvalue weighted by Gasteiger charge is -2.21. The molecule has 2 nitrogen and oxygen atoms in total. The third-order valence-electron chi connectivity index (χ3n) is 3.93. The second kappa shape index (κ2) is 2.99. The van der Waals surface area contributed by atoms with Gasteiger partial charge in [-0.1, -0.05) is 17.7 Å². The van der Waals surface area contributed by atoms with Gasteiger partial charge in [0.15, 0.2) is 0 Å². The fraction of sp³-hybridized carbons (Fsp3) is 0.538. The van der Waals surface area contributed by atoms with Crippen molar-refractivity contribution in [3.8, 4) is 0 Å². The Morgan fingerprint density at radius 3 is 2.80 bits per heavy atom. The van der Waals surface area contributed by atoms with Crippen molar-refractivity contribution in [2.75, 3.05) is 32.1 Å². The van der Waals surface area contributed by atoms with Gasteiger partial charge < -0.3 is 9.80 Å². The van der Waals surface area contributed by atoms with E-state index >= 15 is 0 Å². The lowest BCUT2D eigenvalue weighted by atomic mass is 9.97. The topological polar surface area (TPSA) is 6.48 Å². The number of likely N-dealkylation sites (tertiary alicyclic amines) is 1. The first kappa shape index (κ1) is 9.22. The van der Waals surface area contributed by atoms with Crippen LogP contribution in [-0.2, 0) is 0 Å². The van der Waals surface area contributed by atoms with Gasteiger partial charge in [0, 0.05) is 37.8 Å². The standard InChI is InChI=1S/C13H18N2/c1-9-4-5-12-10(6-9)11-7-14(2)8-13(11)15(12)3/h4-6,11,13H,7-8H2,1-3H3/t11-,13-/m1/s1. The molecule has 1 fully saturated rings. The molecule has 0 aliphatic carbocycles. The summed E-state index contributed by atoms with van der Waals surface area (Å²) < 4.78 is 0. The highest BCUT2D eigenvalue weighted by Gasteiger charge is 2.41. The van der Waals surface area contributed by atoms with E-state index in [0.29, 0.717) is 6.04 Å². The van der Waals surface area contributed by atoms with Gasteiger partial charge in [-0.15, -0.1) is 0 Å². The van der Waals surface area contributed by atoms with Crippen molar-refractivity contribution >= 4 is 5.69 Å². The second-order valence-corrected chi connectivity index (χ2v) is 5.07. The Hall–Kier alpha value is -1.02. The van der Waals surface area contributed by atoms with Gasteiger partial charge in [-0.05, 0) is 25.6 Å². The van der Waals surface area contributed by atoms with Gasteiger partial charge in [0.2, 0.25) is 0 Å². The predicted octanol–water partition coefficient (Wildman–Crippen LogP) is 1.84. The summed E-state index contributed by atoms with van der Waals surface area (Å²) >= 11 is 0. The minimum Gasteiger partial charge on any atom is -0.369 e. The highest BCUT2D eigenvalue weighted by Crippen LogP contribution is 2.43. The van der Waals surface area contributed by atoms with Crippen LogP contribution in [0.1, 0.15) is 17.0 Å². The number of rotatable bonds is 0. The van der Waals surface area contributed by atoms with Crippen LogP contribution < -0.4 is 4.90 Å². The maximum absolute atomic E-state index is 2.46. The first-order valence-corrected chi connectivity index (χ1v) is 5.69. The van der Waals surface area contributed by atoms with E-state index in [0.717, 1.165) is 5.92 Å². The van der Waals surface area contributed by atoms with Gasteiger partial charge in [0.05, 0.1) is 0 Å². The number of nitrogens with zero attached hydrogens (tertiary/aromatic N) is 2. The van der Waals surface area contributed by atoms with Crippen LogP contribution in [0.5, 0.6) is 0 Å². The van der Waals surface area contributed by atoms with E-state index in [1.54, 1.807) is 5.56 Å². The molecule has 1 aromatic carbocycles. The molecular formula is C13H18N2. The van der Waals surface area contributed by atoms with Crippen LogP contribution in [0.3, 0.4) is 0 Å². The summed E-state index contributed by atoms with van der Waals surface area (Å²) in [4.78, 5) is 4.90. The number of hydrogen-bond donors (Lipinski definition) is 0. The molecule has 0 spiro atoms. The molecular weight excluding hydrogens is 184 g/mol. The predicted molar refractivity (Wildman–Crippen MR) is 63.6 cm³/mol. The first-order chi connectivity index (χ1) is 7.16. The minimum atomic E-state index is 0.701. The molecule has 3 rings (SSSR count). The highest BCUT2D eigenvalue weighted by atomic mass is 15.3. The van der Waals surface area contributed by atoms with Crippen LogP contribution in [0.4, 0.5) is 5.69 Å². The van der Waals surface area contributed by atoms with Crippen LogP contribution in [0.25, 0.3) is 0 Å². The number of benzene rings is 1. The van der Waals surface area contributed by atoms with Crippen molar-refractivity contribution in [2.45, 2.75) is 18.9 Å². The van der Waals surface area contributed by atoms with Crippen molar-refractivity contribution in [3.63, 3.8) is 0 Å². The molecule has 0 radical (unpaired) electrons. The molecule has 2 heteroatoms. The summed E-state index contributed by atoms with van der Waals surface area (Å²) in [6.45, 7) is 4.60. The van der Waals surface area contributed by atoms with Gasteiger partial charge >= 0.3 is 0 Å². The van der Waals surface area contributed by atoms with E-state index in [1.807, 2.05) is 0 Å². The third kappa shape index (κ3) is 1.21. The van der Waals surface area contributed by atoms with Crippen molar-refractivity contribution in [1.82, 2.24) is 4.90 Å². The largest absolute Gasteiger partial charge is 0.369 e. The number of aryl methyl sites for hydroxylation is 1. The molecule has 2 atom stereocenters. The molecule has 2 heterocycles. The lowest BCUT2D eigenvalue weighted by Crippen LogP contribution is -2.31. The molecule has 0 unspecified atom stereocenters. The molecule has 2 aliphatic heterocycles. The molecule has 1 aromatic rings. The van der Waals surface area contributed by atoms with E-state index in [9.17, 15) is 0 Å². The number of fused-ring (bicyclic) bond motifs is 3. The average Bonchev–Trinajstić information content (AvgIpc) is 2.67. The zero-order chi connectivity index (χ0) is 10.6. The Balaban J connectivity index is 2.08. The smallest absolute Gasteiger partial charge is 0.0495 e. The van der Waals surface area contributed by atoms with Gasteiger partial charge in [0.1, 0.15) is 0 Å². The quantitative estimate of drug-likeness (QED) is 0.633. The second-order valence-electron chi connectivity index (χ2n) is 5.07. The zero-order valence-corrected chi connectivity index (χ0v) is 9.70. The molecule has 15 heavy (non-hydrogen) atoms. The molecule has 0 bridgehead atoms. The lowest BCUT2D eigenvalue weighted by molar-refractivity contribution is 0.404. The minimum absolute atomic E-state index is 0.701. The number of likely N-dealkylation sites (N-methyl/N-ethyl adjacent to an activating group) is 2. The summed E-state index contributed by atoms with van der Waals surface area (Å²) in [5.41, 5.74) is 4.40. The SMILES string of the molecule is Cc1ccc2c(c1)[C@H]1CN(C)C[C@H]1N2C. The molecule has 0 saturated carbocycles. The number of hydrogen-bond acceptors (Lipinski definition) is 2. The van der Waals surface area contributed by atoms with Crippen LogP contribution in [-0.4, -0.2) is 38.1 Å². The Labute approximate surface area is 91.5 Å². The van der Waals surface area contributed by atoms with Gasteiger partial charge in [0.25, 0.3) is 0 Å². The summed E-state index contributed by atoms with van der Waals surface area (Å²) in [6.07, 6.45) is 0. The normalized spacial score (nSPS) is 29.4. The fourth-order valence-corrected chi connectivity index (χ4v) is 3.15. The van der Waals surface area contributed by atoms with Crippen molar-refractivity contribution in [1.29, 1.82) is 0 Å². The third-order valence-corrected chi connectivity index (χ3v) is 3.93. The maximum Gasteiger partial charge on any atom is 0.0495 e. The van der Waals surface area contributed by atoms with Crippen molar-refractivity contribution in [3.05, 3.63) is 29.3 Å². The van der Waals surface area contributed by atoms with E-state index in [-0.39, 0.29) is 0 Å². The van der Waals surface area contributed by atoms with Crippen LogP contribution in [0.15, 0.2) is 18.2 Å². The molecule has 0 aromatic heterocycles. The summed E-state index contributed by atoms with van der Waals surface area (Å²) in [5, 5.41) is 0. The van der Waals surface area contributed by atoms with Crippen LogP contribution >= 0.6 is 0 Å². The Morgan fingerprint density at radius 1 is 1.20 bits per heavy atom. The summed E-state index contributed by atoms with van der Waals surface area (Å²) in [6, 6.07) is 7.57. The Morgan fingerprint density at radius 2 is 2.00 bits per heavy atom. The Bertz CT molecular complexity index is 400. The molecule has 1 saturated heterocycles. The van der Waals surface area contributed by atoms with Crippen molar-refractivity contribution in [2.24, 2.45) is 0 Å². The monoisotopic (exact) mass is 202 g/mol. The van der Waals surface area contributed by atoms with E-state index < -0.39 is 0 Å². The number of anilines is 1. The highest BCUT2D eigenvalue weighted by molar-refractivity contribution is 5.63. The van der Waals surface area contributed by atoms with Crippen LogP contribution in [0, 0.1) is 6.92 Å². The molecule has 2 aliphatic rings. The van der Waals surface area contributed by atoms with Gasteiger partial charge in [-0.3, -0.25) is 0 Å². The zero-order valence-electron chi connectivity index (χ0n) is 9.70. The van der Waals surface area contributed by atoms with Crippen molar-refractivity contribution < 1.29 is 0 Å². The maximum atomic E-state index is 2.46. The van der Waals surface area contributed by atoms with Gasteiger partial charge in [-0.2, -0.15) is 0 Å². The molecule has 0 N–H and O–H groups in total. The fourth-order valence-electron chi connectivity index (χ4n) is 3.15. The average molecular weight is 202 g/mol. The van der Waals surface area contributed by atoms with E-state index in [1.165, 1.54) is 24.3 Å². The Kier molecular flexibility index (Phi) is 1.84.